The van der Waals surface area contributed by atoms with E-state index in [2.05, 4.69) is 112 Å². The van der Waals surface area contributed by atoms with Crippen LogP contribution in [0.15, 0.2) is 97.2 Å². The van der Waals surface area contributed by atoms with Crippen molar-refractivity contribution in [1.29, 1.82) is 0 Å². The number of ether oxygens (including phenoxy) is 3. The van der Waals surface area contributed by atoms with Gasteiger partial charge in [0.2, 0.25) is 0 Å². The van der Waals surface area contributed by atoms with Crippen molar-refractivity contribution in [2.75, 3.05) is 13.2 Å². The summed E-state index contributed by atoms with van der Waals surface area (Å²) in [5, 5.41) is 0. The molecule has 0 bridgehead atoms. The van der Waals surface area contributed by atoms with Crippen LogP contribution in [0.25, 0.3) is 0 Å². The molecule has 0 aliphatic carbocycles. The topological polar surface area (TPSA) is 78.9 Å². The molecule has 0 heterocycles. The maximum atomic E-state index is 12.9. The molecule has 0 saturated heterocycles. The van der Waals surface area contributed by atoms with Gasteiger partial charge in [-0.2, -0.15) is 0 Å². The van der Waals surface area contributed by atoms with Crippen LogP contribution in [0, 0.1) is 0 Å². The van der Waals surface area contributed by atoms with Crippen LogP contribution in [0.3, 0.4) is 0 Å². The molecule has 0 unspecified atom stereocenters. The van der Waals surface area contributed by atoms with Crippen LogP contribution in [0.4, 0.5) is 0 Å². The summed E-state index contributed by atoms with van der Waals surface area (Å²) in [6, 6.07) is 0. The number of allylic oxidation sites excluding steroid dienone is 16. The molecule has 75 heavy (non-hydrogen) atoms. The first-order valence-electron chi connectivity index (χ1n) is 31.7. The molecule has 0 aromatic carbocycles. The number of carbonyl (C=O) groups is 3. The Morgan fingerprint density at radius 1 is 0.267 bits per heavy atom. The molecule has 0 fully saturated rings. The van der Waals surface area contributed by atoms with E-state index in [1.807, 2.05) is 6.08 Å². The van der Waals surface area contributed by atoms with Crippen molar-refractivity contribution >= 4 is 17.9 Å². The van der Waals surface area contributed by atoms with Gasteiger partial charge in [-0.25, -0.2) is 0 Å². The largest absolute Gasteiger partial charge is 0.462 e. The molecule has 1 atom stereocenters. The molecule has 0 aromatic heterocycles. The van der Waals surface area contributed by atoms with Gasteiger partial charge in [0, 0.05) is 19.3 Å². The fourth-order valence-electron chi connectivity index (χ4n) is 8.75. The Morgan fingerprint density at radius 2 is 0.507 bits per heavy atom. The monoisotopic (exact) mass is 1040 g/mol. The number of rotatable bonds is 57. The normalized spacial score (nSPS) is 12.7. The SMILES string of the molecule is CCCCC/C=C\C/C=C\C/C=C\C/C=C\C/C=C\CCC(=O)O[C@H](COC(=O)CCCCCCCCCCC/C=C\C/C=C\CCCCC)COC(=O)CCCCCCCCCCC/C=C\CCCCCCCC. The van der Waals surface area contributed by atoms with Crippen LogP contribution < -0.4 is 0 Å². The van der Waals surface area contributed by atoms with Crippen molar-refractivity contribution < 1.29 is 28.6 Å². The molecule has 6 heteroatoms. The molecule has 0 aliphatic heterocycles. The minimum Gasteiger partial charge on any atom is -0.462 e. The molecule has 0 N–H and O–H groups in total. The minimum atomic E-state index is -0.822. The van der Waals surface area contributed by atoms with Crippen molar-refractivity contribution in [2.24, 2.45) is 0 Å². The van der Waals surface area contributed by atoms with Gasteiger partial charge in [-0.3, -0.25) is 14.4 Å². The van der Waals surface area contributed by atoms with Gasteiger partial charge in [0.25, 0.3) is 0 Å². The third-order valence-corrected chi connectivity index (χ3v) is 13.5. The fourth-order valence-corrected chi connectivity index (χ4v) is 8.75. The number of hydrogen-bond acceptors (Lipinski definition) is 6. The summed E-state index contributed by atoms with van der Waals surface area (Å²) in [6.45, 7) is 6.54. The number of hydrogen-bond donors (Lipinski definition) is 0. The Balaban J connectivity index is 4.49. The number of carbonyl (C=O) groups excluding carboxylic acids is 3. The molecule has 0 rings (SSSR count). The molecular weight excluding hydrogens is 925 g/mol. The second kappa shape index (κ2) is 62.9. The molecule has 0 saturated carbocycles. The molecular formula is C69H118O6. The highest BCUT2D eigenvalue weighted by Gasteiger charge is 2.19. The summed E-state index contributed by atoms with van der Waals surface area (Å²) in [4.78, 5) is 38.3. The third kappa shape index (κ3) is 61.1. The van der Waals surface area contributed by atoms with E-state index in [0.717, 1.165) is 70.6 Å². The van der Waals surface area contributed by atoms with Gasteiger partial charge in [-0.1, -0.05) is 266 Å². The van der Waals surface area contributed by atoms with Gasteiger partial charge in [-0.05, 0) is 116 Å². The van der Waals surface area contributed by atoms with E-state index in [-0.39, 0.29) is 31.6 Å². The minimum absolute atomic E-state index is 0.109. The summed E-state index contributed by atoms with van der Waals surface area (Å²) < 4.78 is 16.9. The second-order valence-electron chi connectivity index (χ2n) is 21.0. The molecule has 0 spiro atoms. The average Bonchev–Trinajstić information content (AvgIpc) is 3.41. The zero-order valence-electron chi connectivity index (χ0n) is 49.3. The number of esters is 3. The van der Waals surface area contributed by atoms with Crippen LogP contribution in [0.1, 0.15) is 303 Å². The summed E-state index contributed by atoms with van der Waals surface area (Å²) in [5.41, 5.74) is 0. The van der Waals surface area contributed by atoms with Crippen molar-refractivity contribution in [3.8, 4) is 0 Å². The third-order valence-electron chi connectivity index (χ3n) is 13.5. The molecule has 6 nitrogen and oxygen atoms in total. The lowest BCUT2D eigenvalue weighted by molar-refractivity contribution is -0.166. The predicted octanol–water partition coefficient (Wildman–Crippen LogP) is 21.7. The fraction of sp³-hybridized carbons (Fsp3) is 0.725. The summed E-state index contributed by atoms with van der Waals surface area (Å²) in [6.07, 6.45) is 84.1. The van der Waals surface area contributed by atoms with E-state index in [0.29, 0.717) is 19.3 Å². The lowest BCUT2D eigenvalue weighted by Gasteiger charge is -2.18. The standard InChI is InChI=1S/C69H118O6/c1-4-7-10-13-16-19-22-25-28-31-34-37-40-43-46-49-52-55-58-61-67(70)73-64-66(75-69(72)63-60-57-54-51-48-45-42-39-36-33-30-27-24-21-18-15-12-9-6-3)65-74-68(71)62-59-56-53-50-47-44-41-38-35-32-29-26-23-20-17-14-11-8-5-2/h16,18-19,21,25-30,36,39,45,48,54,57,66H,4-15,17,20,22-24,31-35,37-38,40-44,46-47,49-53,55-56,58-65H2,1-3H3/b19-16-,21-18-,28-25-,29-26-,30-27-,39-36-,48-45-,57-54-/t66-/m1/s1. The molecule has 0 radical (unpaired) electrons. The first-order valence-corrected chi connectivity index (χ1v) is 31.7. The lowest BCUT2D eigenvalue weighted by atomic mass is 10.1. The van der Waals surface area contributed by atoms with E-state index in [1.54, 1.807) is 0 Å². The Kier molecular flexibility index (Phi) is 59.8. The van der Waals surface area contributed by atoms with Gasteiger partial charge >= 0.3 is 17.9 Å². The Labute approximate surface area is 464 Å². The molecule has 0 amide bonds. The first-order chi connectivity index (χ1) is 37.0. The summed E-state index contributed by atoms with van der Waals surface area (Å²) >= 11 is 0. The van der Waals surface area contributed by atoms with Gasteiger partial charge < -0.3 is 14.2 Å². The molecule has 0 aliphatic rings. The zero-order chi connectivity index (χ0) is 54.3. The quantitative estimate of drug-likeness (QED) is 0.0261. The van der Waals surface area contributed by atoms with Crippen LogP contribution in [-0.2, 0) is 28.6 Å². The Morgan fingerprint density at radius 3 is 0.840 bits per heavy atom. The molecule has 0 aromatic rings. The van der Waals surface area contributed by atoms with E-state index < -0.39 is 12.1 Å². The smallest absolute Gasteiger partial charge is 0.306 e. The number of unbranched alkanes of at least 4 members (excludes halogenated alkanes) is 30. The predicted molar refractivity (Wildman–Crippen MR) is 325 cm³/mol. The van der Waals surface area contributed by atoms with Gasteiger partial charge in [0.05, 0.1) is 0 Å². The van der Waals surface area contributed by atoms with Crippen LogP contribution in [0.5, 0.6) is 0 Å². The van der Waals surface area contributed by atoms with Crippen molar-refractivity contribution in [2.45, 2.75) is 309 Å². The summed E-state index contributed by atoms with van der Waals surface area (Å²) in [7, 11) is 0. The van der Waals surface area contributed by atoms with Crippen molar-refractivity contribution in [1.82, 2.24) is 0 Å². The van der Waals surface area contributed by atoms with Gasteiger partial charge in [0.1, 0.15) is 13.2 Å². The Bertz CT molecular complexity index is 1480. The highest BCUT2D eigenvalue weighted by Crippen LogP contribution is 2.15. The maximum Gasteiger partial charge on any atom is 0.306 e. The van der Waals surface area contributed by atoms with E-state index in [1.165, 1.54) is 186 Å². The zero-order valence-corrected chi connectivity index (χ0v) is 49.3. The van der Waals surface area contributed by atoms with Crippen LogP contribution >= 0.6 is 0 Å². The van der Waals surface area contributed by atoms with Crippen LogP contribution in [0.2, 0.25) is 0 Å². The van der Waals surface area contributed by atoms with Gasteiger partial charge in [0.15, 0.2) is 6.10 Å². The average molecular weight is 1040 g/mol. The second-order valence-corrected chi connectivity index (χ2v) is 21.0. The maximum absolute atomic E-state index is 12.9. The highest BCUT2D eigenvalue weighted by molar-refractivity contribution is 5.71. The van der Waals surface area contributed by atoms with Crippen molar-refractivity contribution in [3.63, 3.8) is 0 Å². The lowest BCUT2D eigenvalue weighted by Crippen LogP contribution is -2.30. The van der Waals surface area contributed by atoms with E-state index >= 15 is 0 Å². The van der Waals surface area contributed by atoms with Crippen LogP contribution in [-0.4, -0.2) is 37.2 Å². The highest BCUT2D eigenvalue weighted by atomic mass is 16.6. The van der Waals surface area contributed by atoms with E-state index in [4.69, 9.17) is 14.2 Å². The van der Waals surface area contributed by atoms with E-state index in [9.17, 15) is 14.4 Å². The summed E-state index contributed by atoms with van der Waals surface area (Å²) in [5.74, 6) is -0.990. The Hall–Kier alpha value is -3.67. The van der Waals surface area contributed by atoms with Crippen molar-refractivity contribution in [3.05, 3.63) is 97.2 Å². The van der Waals surface area contributed by atoms with Gasteiger partial charge in [-0.15, -0.1) is 0 Å². The first kappa shape index (κ1) is 71.3. The molecule has 430 valence electrons.